The molecule has 0 aliphatic carbocycles. The molecule has 3 aromatic rings. The molecule has 0 saturated heterocycles. The third-order valence-electron chi connectivity index (χ3n) is 2.99. The van der Waals surface area contributed by atoms with Crippen molar-refractivity contribution < 1.29 is 13.9 Å². The standard InChI is InChI=1S/C14H10FN3O2/c1-20-9-2-3-10(12(15)6-9)14(19)11-7-17-18-5-4-16-8-13(11)18/h2-8H,1H3. The molecule has 5 nitrogen and oxygen atoms in total. The molecule has 0 aliphatic heterocycles. The Bertz CT molecular complexity index is 798. The maximum Gasteiger partial charge on any atom is 0.199 e. The van der Waals surface area contributed by atoms with E-state index in [4.69, 9.17) is 4.74 Å². The maximum atomic E-state index is 13.9. The Morgan fingerprint density at radius 2 is 2.15 bits per heavy atom. The number of ether oxygens (including phenoxy) is 1. The fourth-order valence-corrected chi connectivity index (χ4v) is 1.96. The minimum Gasteiger partial charge on any atom is -0.497 e. The van der Waals surface area contributed by atoms with Gasteiger partial charge >= 0.3 is 0 Å². The van der Waals surface area contributed by atoms with E-state index in [1.54, 1.807) is 18.5 Å². The second-order valence-electron chi connectivity index (χ2n) is 4.14. The van der Waals surface area contributed by atoms with Crippen molar-refractivity contribution in [2.24, 2.45) is 0 Å². The van der Waals surface area contributed by atoms with Gasteiger partial charge in [0.15, 0.2) is 5.78 Å². The largest absolute Gasteiger partial charge is 0.497 e. The van der Waals surface area contributed by atoms with E-state index >= 15 is 0 Å². The molecule has 2 aromatic heterocycles. The number of nitrogens with zero attached hydrogens (tertiary/aromatic N) is 3. The van der Waals surface area contributed by atoms with Crippen LogP contribution in [0.5, 0.6) is 5.75 Å². The van der Waals surface area contributed by atoms with Crippen molar-refractivity contribution in [3.8, 4) is 5.75 Å². The van der Waals surface area contributed by atoms with E-state index in [1.165, 1.54) is 36.2 Å². The van der Waals surface area contributed by atoms with Crippen LogP contribution in [0.2, 0.25) is 0 Å². The Labute approximate surface area is 113 Å². The second-order valence-corrected chi connectivity index (χ2v) is 4.14. The molecule has 0 atom stereocenters. The van der Waals surface area contributed by atoms with Crippen molar-refractivity contribution in [2.45, 2.75) is 0 Å². The molecule has 2 heterocycles. The lowest BCUT2D eigenvalue weighted by molar-refractivity contribution is 0.103. The molecule has 0 radical (unpaired) electrons. The van der Waals surface area contributed by atoms with Gasteiger partial charge in [-0.2, -0.15) is 5.10 Å². The first-order valence-corrected chi connectivity index (χ1v) is 5.86. The Hall–Kier alpha value is -2.76. The highest BCUT2D eigenvalue weighted by atomic mass is 19.1. The number of hydrogen-bond donors (Lipinski definition) is 0. The van der Waals surface area contributed by atoms with Gasteiger partial charge in [-0.15, -0.1) is 0 Å². The Morgan fingerprint density at radius 1 is 1.30 bits per heavy atom. The zero-order chi connectivity index (χ0) is 14.1. The Balaban J connectivity index is 2.09. The Morgan fingerprint density at radius 3 is 2.90 bits per heavy atom. The third kappa shape index (κ3) is 1.91. The molecule has 3 rings (SSSR count). The summed E-state index contributed by atoms with van der Waals surface area (Å²) >= 11 is 0. The molecule has 0 fully saturated rings. The van der Waals surface area contributed by atoms with Crippen molar-refractivity contribution in [3.63, 3.8) is 0 Å². The van der Waals surface area contributed by atoms with Gasteiger partial charge in [-0.25, -0.2) is 8.91 Å². The van der Waals surface area contributed by atoms with Gasteiger partial charge in [0.25, 0.3) is 0 Å². The lowest BCUT2D eigenvalue weighted by Gasteiger charge is -2.04. The van der Waals surface area contributed by atoms with E-state index in [0.29, 0.717) is 16.8 Å². The van der Waals surface area contributed by atoms with Crippen molar-refractivity contribution in [3.05, 3.63) is 59.9 Å². The quantitative estimate of drug-likeness (QED) is 0.685. The predicted octanol–water partition coefficient (Wildman–Crippen LogP) is 2.11. The number of carbonyl (C=O) groups is 1. The lowest BCUT2D eigenvalue weighted by Crippen LogP contribution is -2.04. The number of ketones is 1. The molecule has 0 spiro atoms. The van der Waals surface area contributed by atoms with Crippen LogP contribution in [-0.4, -0.2) is 27.5 Å². The number of halogens is 1. The molecule has 6 heteroatoms. The van der Waals surface area contributed by atoms with Gasteiger partial charge in [-0.1, -0.05) is 0 Å². The number of hydrogen-bond acceptors (Lipinski definition) is 4. The number of aromatic nitrogens is 3. The van der Waals surface area contributed by atoms with Crippen LogP contribution in [0, 0.1) is 5.82 Å². The molecule has 0 bridgehead atoms. The van der Waals surface area contributed by atoms with Crippen LogP contribution >= 0.6 is 0 Å². The molecule has 0 aliphatic rings. The van der Waals surface area contributed by atoms with Crippen LogP contribution in [0.4, 0.5) is 4.39 Å². The average molecular weight is 271 g/mol. The summed E-state index contributed by atoms with van der Waals surface area (Å²) in [5, 5.41) is 4.04. The van der Waals surface area contributed by atoms with Crippen LogP contribution in [0.3, 0.4) is 0 Å². The van der Waals surface area contributed by atoms with Gasteiger partial charge in [0, 0.05) is 18.5 Å². The summed E-state index contributed by atoms with van der Waals surface area (Å²) in [6, 6.07) is 4.12. The van der Waals surface area contributed by atoms with Crippen molar-refractivity contribution in [1.29, 1.82) is 0 Å². The fourth-order valence-electron chi connectivity index (χ4n) is 1.96. The smallest absolute Gasteiger partial charge is 0.199 e. The summed E-state index contributed by atoms with van der Waals surface area (Å²) in [6.45, 7) is 0. The maximum absolute atomic E-state index is 13.9. The van der Waals surface area contributed by atoms with E-state index < -0.39 is 11.6 Å². The summed E-state index contributed by atoms with van der Waals surface area (Å²) in [7, 11) is 1.44. The highest BCUT2D eigenvalue weighted by Crippen LogP contribution is 2.21. The molecule has 0 N–H and O–H groups in total. The van der Waals surface area contributed by atoms with E-state index in [9.17, 15) is 9.18 Å². The highest BCUT2D eigenvalue weighted by molar-refractivity contribution is 6.13. The van der Waals surface area contributed by atoms with Crippen LogP contribution in [-0.2, 0) is 0 Å². The van der Waals surface area contributed by atoms with Crippen LogP contribution in [0.1, 0.15) is 15.9 Å². The topological polar surface area (TPSA) is 56.5 Å². The number of rotatable bonds is 3. The van der Waals surface area contributed by atoms with E-state index in [0.717, 1.165) is 0 Å². The molecule has 0 unspecified atom stereocenters. The monoisotopic (exact) mass is 271 g/mol. The number of methoxy groups -OCH3 is 1. The van der Waals surface area contributed by atoms with Crippen LogP contribution < -0.4 is 4.74 Å². The van der Waals surface area contributed by atoms with Gasteiger partial charge in [-0.05, 0) is 12.1 Å². The summed E-state index contributed by atoms with van der Waals surface area (Å²) in [5.41, 5.74) is 0.819. The SMILES string of the molecule is COc1ccc(C(=O)c2cnn3ccncc23)c(F)c1. The minimum absolute atomic E-state index is 0.0236. The fraction of sp³-hybridized carbons (Fsp3) is 0.0714. The molecule has 100 valence electrons. The number of carbonyl (C=O) groups excluding carboxylic acids is 1. The normalized spacial score (nSPS) is 10.7. The molecule has 0 amide bonds. The Kier molecular flexibility index (Phi) is 2.90. The first-order valence-electron chi connectivity index (χ1n) is 5.86. The van der Waals surface area contributed by atoms with Crippen molar-refractivity contribution >= 4 is 11.3 Å². The average Bonchev–Trinajstić information content (AvgIpc) is 2.90. The minimum atomic E-state index is -0.627. The third-order valence-corrected chi connectivity index (χ3v) is 2.99. The predicted molar refractivity (Wildman–Crippen MR) is 69.4 cm³/mol. The van der Waals surface area contributed by atoms with E-state index in [-0.39, 0.29) is 5.56 Å². The summed E-state index contributed by atoms with van der Waals surface area (Å²) in [4.78, 5) is 16.3. The number of fused-ring (bicyclic) bond motifs is 1. The van der Waals surface area contributed by atoms with Gasteiger partial charge in [0.05, 0.1) is 36.1 Å². The van der Waals surface area contributed by atoms with Crippen molar-refractivity contribution in [1.82, 2.24) is 14.6 Å². The molecule has 1 aromatic carbocycles. The zero-order valence-corrected chi connectivity index (χ0v) is 10.6. The van der Waals surface area contributed by atoms with Crippen LogP contribution in [0.15, 0.2) is 43.0 Å². The highest BCUT2D eigenvalue weighted by Gasteiger charge is 2.18. The van der Waals surface area contributed by atoms with Gasteiger partial charge in [-0.3, -0.25) is 9.78 Å². The summed E-state index contributed by atoms with van der Waals surface area (Å²) < 4.78 is 20.4. The van der Waals surface area contributed by atoms with E-state index in [2.05, 4.69) is 10.1 Å². The zero-order valence-electron chi connectivity index (χ0n) is 10.6. The van der Waals surface area contributed by atoms with Crippen molar-refractivity contribution in [2.75, 3.05) is 7.11 Å². The van der Waals surface area contributed by atoms with Gasteiger partial charge in [0.2, 0.25) is 0 Å². The molecular formula is C14H10FN3O2. The first kappa shape index (κ1) is 12.3. The van der Waals surface area contributed by atoms with Gasteiger partial charge < -0.3 is 4.74 Å². The second kappa shape index (κ2) is 4.73. The first-order chi connectivity index (χ1) is 9.70. The molecule has 0 saturated carbocycles. The molecule has 20 heavy (non-hydrogen) atoms. The van der Waals surface area contributed by atoms with Crippen LogP contribution in [0.25, 0.3) is 5.52 Å². The van der Waals surface area contributed by atoms with Gasteiger partial charge in [0.1, 0.15) is 11.6 Å². The number of benzene rings is 1. The molecular weight excluding hydrogens is 261 g/mol. The van der Waals surface area contributed by atoms with E-state index in [1.807, 2.05) is 0 Å². The summed E-state index contributed by atoms with van der Waals surface area (Å²) in [6.07, 6.45) is 6.10. The summed E-state index contributed by atoms with van der Waals surface area (Å²) in [5.74, 6) is -0.702. The lowest BCUT2D eigenvalue weighted by atomic mass is 10.0.